The van der Waals surface area contributed by atoms with Gasteiger partial charge in [-0.15, -0.1) is 0 Å². The summed E-state index contributed by atoms with van der Waals surface area (Å²) in [6, 6.07) is -0.0284. The van der Waals surface area contributed by atoms with E-state index in [9.17, 15) is 4.79 Å². The van der Waals surface area contributed by atoms with E-state index in [1.807, 2.05) is 13.2 Å². The zero-order valence-electron chi connectivity index (χ0n) is 10.1. The summed E-state index contributed by atoms with van der Waals surface area (Å²) in [5.74, 6) is 0. The van der Waals surface area contributed by atoms with Gasteiger partial charge in [-0.1, -0.05) is 0 Å². The average Bonchev–Trinajstić information content (AvgIpc) is 2.58. The van der Waals surface area contributed by atoms with Crippen LogP contribution in [0.25, 0.3) is 0 Å². The third-order valence-electron chi connectivity index (χ3n) is 2.71. The molecule has 0 saturated carbocycles. The number of hydrogen-bond donors (Lipinski definition) is 1. The van der Waals surface area contributed by atoms with Gasteiger partial charge < -0.3 is 15.0 Å². The lowest BCUT2D eigenvalue weighted by Crippen LogP contribution is -2.40. The fraction of sp³-hybridized carbons (Fsp3) is 0.636. The van der Waals surface area contributed by atoms with Crippen molar-refractivity contribution in [1.82, 2.24) is 20.0 Å². The Balaban J connectivity index is 1.79. The van der Waals surface area contributed by atoms with Gasteiger partial charge in [-0.25, -0.2) is 4.79 Å². The first kappa shape index (κ1) is 11.9. The first-order valence-electron chi connectivity index (χ1n) is 5.84. The summed E-state index contributed by atoms with van der Waals surface area (Å²) in [4.78, 5) is 13.7. The minimum atomic E-state index is -0.0284. The molecular formula is C11H18N4O2. The van der Waals surface area contributed by atoms with Crippen LogP contribution in [0.1, 0.15) is 12.0 Å². The third-order valence-corrected chi connectivity index (χ3v) is 2.71. The molecule has 0 aromatic carbocycles. The molecule has 1 aromatic rings. The molecule has 0 unspecified atom stereocenters. The predicted molar refractivity (Wildman–Crippen MR) is 62.5 cm³/mol. The highest BCUT2D eigenvalue weighted by molar-refractivity contribution is 5.74. The van der Waals surface area contributed by atoms with E-state index in [1.165, 1.54) is 0 Å². The molecule has 1 aliphatic rings. The second-order valence-electron chi connectivity index (χ2n) is 4.13. The number of nitrogens with one attached hydrogen (secondary N) is 1. The first-order valence-corrected chi connectivity index (χ1v) is 5.84. The number of aryl methyl sites for hydroxylation is 1. The number of ether oxygens (including phenoxy) is 1. The van der Waals surface area contributed by atoms with Gasteiger partial charge in [0.05, 0.1) is 12.8 Å². The lowest BCUT2D eigenvalue weighted by molar-refractivity contribution is 0.142. The van der Waals surface area contributed by atoms with Crippen molar-refractivity contribution in [2.45, 2.75) is 13.0 Å². The Hall–Kier alpha value is -1.56. The molecule has 17 heavy (non-hydrogen) atoms. The van der Waals surface area contributed by atoms with Crippen LogP contribution in [0, 0.1) is 0 Å². The second-order valence-corrected chi connectivity index (χ2v) is 4.13. The van der Waals surface area contributed by atoms with E-state index in [1.54, 1.807) is 15.8 Å². The number of carbonyl (C=O) groups is 1. The Morgan fingerprint density at radius 2 is 2.41 bits per heavy atom. The van der Waals surface area contributed by atoms with Crippen LogP contribution in [0.2, 0.25) is 0 Å². The molecule has 6 heteroatoms. The van der Waals surface area contributed by atoms with Crippen LogP contribution in [0.3, 0.4) is 0 Å². The average molecular weight is 238 g/mol. The van der Waals surface area contributed by atoms with Crippen molar-refractivity contribution in [3.8, 4) is 0 Å². The normalized spacial score (nSPS) is 16.6. The lowest BCUT2D eigenvalue weighted by Gasteiger charge is -2.19. The minimum Gasteiger partial charge on any atom is -0.380 e. The number of rotatable bonds is 2. The molecule has 2 heterocycles. The highest BCUT2D eigenvalue weighted by atomic mass is 16.5. The molecule has 1 N–H and O–H groups in total. The fourth-order valence-electron chi connectivity index (χ4n) is 1.80. The van der Waals surface area contributed by atoms with Gasteiger partial charge >= 0.3 is 6.03 Å². The molecule has 0 spiro atoms. The summed E-state index contributed by atoms with van der Waals surface area (Å²) in [7, 11) is 1.86. The Kier molecular flexibility index (Phi) is 3.98. The van der Waals surface area contributed by atoms with E-state index >= 15 is 0 Å². The largest absolute Gasteiger partial charge is 0.380 e. The molecule has 0 atom stereocenters. The monoisotopic (exact) mass is 238 g/mol. The highest BCUT2D eigenvalue weighted by Crippen LogP contribution is 2.01. The maximum absolute atomic E-state index is 11.9. The van der Waals surface area contributed by atoms with Crippen molar-refractivity contribution in [3.05, 3.63) is 18.0 Å². The molecule has 2 rings (SSSR count). The number of carbonyl (C=O) groups excluding carboxylic acids is 1. The van der Waals surface area contributed by atoms with Gasteiger partial charge in [0.1, 0.15) is 0 Å². The van der Waals surface area contributed by atoms with E-state index in [0.29, 0.717) is 19.7 Å². The van der Waals surface area contributed by atoms with Gasteiger partial charge in [-0.05, 0) is 6.42 Å². The molecule has 2 amide bonds. The van der Waals surface area contributed by atoms with Crippen molar-refractivity contribution in [1.29, 1.82) is 0 Å². The maximum Gasteiger partial charge on any atom is 0.317 e. The molecule has 6 nitrogen and oxygen atoms in total. The van der Waals surface area contributed by atoms with E-state index < -0.39 is 0 Å². The zero-order valence-corrected chi connectivity index (χ0v) is 10.1. The smallest absolute Gasteiger partial charge is 0.317 e. The SMILES string of the molecule is Cn1cc(CNC(=O)N2CCCOCC2)cn1. The maximum atomic E-state index is 11.9. The molecule has 1 fully saturated rings. The van der Waals surface area contributed by atoms with Gasteiger partial charge in [-0.3, -0.25) is 4.68 Å². The first-order chi connectivity index (χ1) is 8.25. The summed E-state index contributed by atoms with van der Waals surface area (Å²) in [5, 5.41) is 6.94. The molecule has 0 bridgehead atoms. The summed E-state index contributed by atoms with van der Waals surface area (Å²) < 4.78 is 7.03. The minimum absolute atomic E-state index is 0.0284. The molecule has 1 aliphatic heterocycles. The Bertz CT molecular complexity index is 369. The van der Waals surface area contributed by atoms with Crippen molar-refractivity contribution in [2.24, 2.45) is 7.05 Å². The van der Waals surface area contributed by atoms with Gasteiger partial charge in [0.2, 0.25) is 0 Å². The van der Waals surface area contributed by atoms with Gasteiger partial charge in [0.25, 0.3) is 0 Å². The van der Waals surface area contributed by atoms with E-state index in [4.69, 9.17) is 4.74 Å². The summed E-state index contributed by atoms with van der Waals surface area (Å²) >= 11 is 0. The van der Waals surface area contributed by atoms with Crippen LogP contribution in [-0.2, 0) is 18.3 Å². The molecule has 1 saturated heterocycles. The van der Waals surface area contributed by atoms with Crippen molar-refractivity contribution < 1.29 is 9.53 Å². The van der Waals surface area contributed by atoms with Crippen LogP contribution in [0.5, 0.6) is 0 Å². The van der Waals surface area contributed by atoms with Gasteiger partial charge in [-0.2, -0.15) is 5.10 Å². The van der Waals surface area contributed by atoms with Crippen LogP contribution in [0.15, 0.2) is 12.4 Å². The quantitative estimate of drug-likeness (QED) is 0.809. The lowest BCUT2D eigenvalue weighted by atomic mass is 10.3. The zero-order chi connectivity index (χ0) is 12.1. The van der Waals surface area contributed by atoms with Crippen molar-refractivity contribution in [3.63, 3.8) is 0 Å². The summed E-state index contributed by atoms with van der Waals surface area (Å²) in [6.07, 6.45) is 4.55. The van der Waals surface area contributed by atoms with Crippen molar-refractivity contribution >= 4 is 6.03 Å². The van der Waals surface area contributed by atoms with Crippen LogP contribution >= 0.6 is 0 Å². The van der Waals surface area contributed by atoms with Crippen LogP contribution in [0.4, 0.5) is 4.79 Å². The van der Waals surface area contributed by atoms with E-state index in [-0.39, 0.29) is 6.03 Å². The number of nitrogens with zero attached hydrogens (tertiary/aromatic N) is 3. The van der Waals surface area contributed by atoms with Crippen LogP contribution in [-0.4, -0.2) is 47.0 Å². The number of urea groups is 1. The van der Waals surface area contributed by atoms with Gasteiger partial charge in [0.15, 0.2) is 0 Å². The molecule has 94 valence electrons. The Labute approximate surface area is 101 Å². The summed E-state index contributed by atoms with van der Waals surface area (Å²) in [5.41, 5.74) is 1.01. The predicted octanol–water partition coefficient (Wildman–Crippen LogP) is 0.352. The van der Waals surface area contributed by atoms with Gasteiger partial charge in [0, 0.05) is 45.0 Å². The van der Waals surface area contributed by atoms with E-state index in [0.717, 1.165) is 25.1 Å². The molecular weight excluding hydrogens is 220 g/mol. The highest BCUT2D eigenvalue weighted by Gasteiger charge is 2.15. The summed E-state index contributed by atoms with van der Waals surface area (Å²) in [6.45, 7) is 3.31. The topological polar surface area (TPSA) is 59.4 Å². The van der Waals surface area contributed by atoms with Crippen LogP contribution < -0.4 is 5.32 Å². The standard InChI is InChI=1S/C11H18N4O2/c1-14-9-10(8-13-14)7-12-11(16)15-3-2-5-17-6-4-15/h8-9H,2-7H2,1H3,(H,12,16). The second kappa shape index (κ2) is 5.67. The number of aromatic nitrogens is 2. The molecule has 0 radical (unpaired) electrons. The molecule has 1 aromatic heterocycles. The molecule has 0 aliphatic carbocycles. The Morgan fingerprint density at radius 3 is 3.18 bits per heavy atom. The fourth-order valence-corrected chi connectivity index (χ4v) is 1.80. The van der Waals surface area contributed by atoms with Crippen molar-refractivity contribution in [2.75, 3.05) is 26.3 Å². The van der Waals surface area contributed by atoms with E-state index in [2.05, 4.69) is 10.4 Å². The number of amides is 2. The Morgan fingerprint density at radius 1 is 1.53 bits per heavy atom. The number of hydrogen-bond acceptors (Lipinski definition) is 3. The third kappa shape index (κ3) is 3.45.